The fourth-order valence-electron chi connectivity index (χ4n) is 6.50. The van der Waals surface area contributed by atoms with E-state index in [-0.39, 0.29) is 29.6 Å². The molecule has 13 unspecified atom stereocenters. The lowest BCUT2D eigenvalue weighted by Crippen LogP contribution is -2.59. The Hall–Kier alpha value is -1.59. The Kier molecular flexibility index (Phi) is 25.2. The summed E-state index contributed by atoms with van der Waals surface area (Å²) in [7, 11) is 0. The van der Waals surface area contributed by atoms with Gasteiger partial charge in [-0.1, -0.05) is 124 Å². The van der Waals surface area contributed by atoms with E-state index in [9.17, 15) is 30.3 Å². The summed E-state index contributed by atoms with van der Waals surface area (Å²) in [6.07, 6.45) is 15.7. The molecule has 13 atom stereocenters. The number of allylic oxidation sites excluding steroid dienone is 4. The zero-order chi connectivity index (χ0) is 39.2. The third kappa shape index (κ3) is 20.2. The monoisotopic (exact) mass is 739 g/mol. The third-order valence-corrected chi connectivity index (χ3v) is 10.7. The lowest BCUT2D eigenvalue weighted by Gasteiger charge is -2.41. The maximum atomic E-state index is 11.7. The molecule has 0 aromatic rings. The summed E-state index contributed by atoms with van der Waals surface area (Å²) in [5.74, 6) is 1.94. The lowest BCUT2D eigenvalue weighted by atomic mass is 9.89. The Morgan fingerprint density at radius 3 is 2.06 bits per heavy atom. The fourth-order valence-corrected chi connectivity index (χ4v) is 6.50. The van der Waals surface area contributed by atoms with Crippen LogP contribution < -0.4 is 0 Å². The van der Waals surface area contributed by atoms with Gasteiger partial charge in [-0.2, -0.15) is 0 Å². The Balaban J connectivity index is 2.89. The zero-order valence-electron chi connectivity index (χ0n) is 34.1. The van der Waals surface area contributed by atoms with Gasteiger partial charge < -0.3 is 39.7 Å². The number of aliphatic hydroxyl groups excluding tert-OH is 5. The molecule has 0 amide bonds. The van der Waals surface area contributed by atoms with Crippen molar-refractivity contribution in [2.24, 2.45) is 41.4 Å². The summed E-state index contributed by atoms with van der Waals surface area (Å²) in [6, 6.07) is 0. The number of carbonyl (C=O) groups excluding carboxylic acids is 1. The molecule has 1 saturated heterocycles. The van der Waals surface area contributed by atoms with Gasteiger partial charge in [-0.15, -0.1) is 0 Å². The van der Waals surface area contributed by atoms with Crippen LogP contribution in [0.2, 0.25) is 0 Å². The highest BCUT2D eigenvalue weighted by atomic mass is 16.7. The van der Waals surface area contributed by atoms with Crippen LogP contribution in [0.3, 0.4) is 0 Å². The molecule has 52 heavy (non-hydrogen) atoms. The van der Waals surface area contributed by atoms with E-state index in [1.165, 1.54) is 26.2 Å². The van der Waals surface area contributed by atoms with E-state index in [4.69, 9.17) is 14.2 Å². The van der Waals surface area contributed by atoms with E-state index in [0.29, 0.717) is 24.9 Å². The van der Waals surface area contributed by atoms with Crippen LogP contribution in [0.4, 0.5) is 0 Å². The molecule has 0 bridgehead atoms. The molecule has 304 valence electrons. The van der Waals surface area contributed by atoms with Crippen LogP contribution in [0.25, 0.3) is 0 Å². The minimum atomic E-state index is -1.52. The molecule has 0 aromatic carbocycles. The molecule has 9 nitrogen and oxygen atoms in total. The van der Waals surface area contributed by atoms with Gasteiger partial charge in [0, 0.05) is 6.92 Å². The first-order valence-electron chi connectivity index (χ1n) is 20.4. The summed E-state index contributed by atoms with van der Waals surface area (Å²) >= 11 is 0. The predicted molar refractivity (Wildman–Crippen MR) is 209 cm³/mol. The van der Waals surface area contributed by atoms with Crippen LogP contribution in [-0.4, -0.2) is 87.6 Å². The fraction of sp³-hybridized carbons (Fsp3) is 0.837. The first-order chi connectivity index (χ1) is 24.6. The van der Waals surface area contributed by atoms with Crippen LogP contribution in [0.1, 0.15) is 133 Å². The molecule has 1 rings (SSSR count). The van der Waals surface area contributed by atoms with Crippen molar-refractivity contribution in [3.63, 3.8) is 0 Å². The Labute approximate surface area is 316 Å². The summed E-state index contributed by atoms with van der Waals surface area (Å²) in [5.41, 5.74) is 0. The van der Waals surface area contributed by atoms with E-state index in [2.05, 4.69) is 85.8 Å². The van der Waals surface area contributed by atoms with Crippen molar-refractivity contribution in [2.75, 3.05) is 13.2 Å². The van der Waals surface area contributed by atoms with Gasteiger partial charge in [-0.3, -0.25) is 4.79 Å². The van der Waals surface area contributed by atoms with Crippen LogP contribution >= 0.6 is 0 Å². The van der Waals surface area contributed by atoms with Gasteiger partial charge >= 0.3 is 5.97 Å². The smallest absolute Gasteiger partial charge is 0.302 e. The van der Waals surface area contributed by atoms with Crippen LogP contribution in [0.5, 0.6) is 0 Å². The first kappa shape index (κ1) is 48.4. The van der Waals surface area contributed by atoms with Crippen molar-refractivity contribution in [1.29, 1.82) is 0 Å². The summed E-state index contributed by atoms with van der Waals surface area (Å²) in [5, 5.41) is 52.0. The molecule has 1 fully saturated rings. The number of hydrogen-bond donors (Lipinski definition) is 5. The summed E-state index contributed by atoms with van der Waals surface area (Å²) in [6.45, 7) is 18.6. The van der Waals surface area contributed by atoms with E-state index in [1.54, 1.807) is 0 Å². The molecule has 1 heterocycles. The Morgan fingerprint density at radius 2 is 1.42 bits per heavy atom. The molecular weight excluding hydrogens is 660 g/mol. The summed E-state index contributed by atoms with van der Waals surface area (Å²) in [4.78, 5) is 11.7. The molecule has 0 radical (unpaired) electrons. The van der Waals surface area contributed by atoms with E-state index in [1.807, 2.05) is 6.08 Å². The molecule has 0 aliphatic carbocycles. The van der Waals surface area contributed by atoms with Crippen LogP contribution in [0, 0.1) is 41.4 Å². The number of rotatable bonds is 27. The molecule has 1 aliphatic rings. The van der Waals surface area contributed by atoms with Gasteiger partial charge in [-0.05, 0) is 80.0 Å². The van der Waals surface area contributed by atoms with E-state index < -0.39 is 49.5 Å². The average Bonchev–Trinajstić information content (AvgIpc) is 3.10. The van der Waals surface area contributed by atoms with E-state index in [0.717, 1.165) is 50.9 Å². The number of hydrogen-bond acceptors (Lipinski definition) is 9. The van der Waals surface area contributed by atoms with Crippen molar-refractivity contribution >= 4 is 5.97 Å². The lowest BCUT2D eigenvalue weighted by molar-refractivity contribution is -0.310. The third-order valence-electron chi connectivity index (χ3n) is 10.7. The number of esters is 1. The maximum absolute atomic E-state index is 11.7. The minimum Gasteiger partial charge on any atom is -0.466 e. The quantitative estimate of drug-likeness (QED) is 0.0427. The maximum Gasteiger partial charge on any atom is 0.302 e. The molecule has 0 saturated carbocycles. The Bertz CT molecular complexity index is 1010. The van der Waals surface area contributed by atoms with Gasteiger partial charge in [0.05, 0.1) is 25.4 Å². The summed E-state index contributed by atoms with van der Waals surface area (Å²) < 4.78 is 17.4. The van der Waals surface area contributed by atoms with Gasteiger partial charge in [0.2, 0.25) is 0 Å². The standard InChI is InChI=1S/C43H78O9/c1-10-30(4)16-12-18-32(6)23-26-38(51-43-42(49)41(48)40(47)39(27-44)52-43)34(8)21-14-22-36(28-50-35(9)45)24-25-37(46)33(7)20-13-19-31(5)17-11-15-29(2)3/h12-13,18,20,23,26,29-34,36-44,46-49H,10-11,14-17,19,21-22,24-25,27-28H2,1-9H3. The number of ether oxygens (including phenoxy) is 3. The molecule has 9 heteroatoms. The molecule has 0 aromatic heterocycles. The van der Waals surface area contributed by atoms with Gasteiger partial charge in [-0.25, -0.2) is 0 Å². The highest BCUT2D eigenvalue weighted by Crippen LogP contribution is 2.28. The molecule has 0 spiro atoms. The van der Waals surface area contributed by atoms with E-state index >= 15 is 0 Å². The second-order valence-electron chi connectivity index (χ2n) is 16.4. The molecule has 5 N–H and O–H groups in total. The van der Waals surface area contributed by atoms with Crippen molar-refractivity contribution in [2.45, 2.75) is 176 Å². The predicted octanol–water partition coefficient (Wildman–Crippen LogP) is 7.53. The van der Waals surface area contributed by atoms with Crippen molar-refractivity contribution in [1.82, 2.24) is 0 Å². The zero-order valence-corrected chi connectivity index (χ0v) is 34.1. The van der Waals surface area contributed by atoms with Crippen LogP contribution in [-0.2, 0) is 19.0 Å². The topological polar surface area (TPSA) is 146 Å². The highest BCUT2D eigenvalue weighted by Gasteiger charge is 2.45. The molecule has 1 aliphatic heterocycles. The van der Waals surface area contributed by atoms with Crippen molar-refractivity contribution < 1.29 is 44.5 Å². The minimum absolute atomic E-state index is 0.0159. The highest BCUT2D eigenvalue weighted by molar-refractivity contribution is 5.65. The molecular formula is C43H78O9. The number of carbonyl (C=O) groups is 1. The van der Waals surface area contributed by atoms with Crippen molar-refractivity contribution in [3.8, 4) is 0 Å². The van der Waals surface area contributed by atoms with Gasteiger partial charge in [0.25, 0.3) is 0 Å². The number of aliphatic hydroxyl groups is 5. The van der Waals surface area contributed by atoms with Gasteiger partial charge in [0.15, 0.2) is 6.29 Å². The first-order valence-corrected chi connectivity index (χ1v) is 20.4. The SMILES string of the molecule is CCC(C)CC=CC(C)C=CC(OC1OC(CO)C(O)C(O)C1O)C(C)CCCC(CCC(O)C(C)C=CCC(C)CCCC(C)C)COC(C)=O. The van der Waals surface area contributed by atoms with Crippen LogP contribution in [0.15, 0.2) is 36.5 Å². The average molecular weight is 739 g/mol. The Morgan fingerprint density at radius 1 is 0.769 bits per heavy atom. The second kappa shape index (κ2) is 27.1. The normalized spacial score (nSPS) is 26.1. The largest absolute Gasteiger partial charge is 0.466 e. The van der Waals surface area contributed by atoms with Crippen molar-refractivity contribution in [3.05, 3.63) is 36.5 Å². The second-order valence-corrected chi connectivity index (χ2v) is 16.4. The van der Waals surface area contributed by atoms with Gasteiger partial charge in [0.1, 0.15) is 24.4 Å².